The van der Waals surface area contributed by atoms with Crippen LogP contribution in [0.5, 0.6) is 5.75 Å². The molecule has 0 aromatic heterocycles. The quantitative estimate of drug-likeness (QED) is 0.589. The van der Waals surface area contributed by atoms with Gasteiger partial charge in [0.1, 0.15) is 5.75 Å². The number of hydrogen-bond acceptors (Lipinski definition) is 3. The summed E-state index contributed by atoms with van der Waals surface area (Å²) in [6.45, 7) is 0. The highest BCUT2D eigenvalue weighted by molar-refractivity contribution is 7.90. The lowest BCUT2D eigenvalue weighted by atomic mass is 9.97. The molecule has 1 atom stereocenters. The largest absolute Gasteiger partial charge is 0.516 e. The van der Waals surface area contributed by atoms with Crippen LogP contribution >= 0.6 is 0 Å². The van der Waals surface area contributed by atoms with Crippen molar-refractivity contribution < 1.29 is 39.5 Å². The minimum atomic E-state index is -5.72. The number of nitrogens with zero attached hydrogens (tertiary/aromatic N) is 1. The molecule has 11 heteroatoms. The zero-order chi connectivity index (χ0) is 22.3. The molecular formula is C19H15F6NO3S. The Bertz CT molecular complexity index is 1040. The van der Waals surface area contributed by atoms with Gasteiger partial charge >= 0.3 is 21.7 Å². The number of halogens is 6. The summed E-state index contributed by atoms with van der Waals surface area (Å²) in [6, 6.07) is 8.40. The van der Waals surface area contributed by atoms with Crippen molar-refractivity contribution in [2.75, 3.05) is 7.11 Å². The molecule has 0 bridgehead atoms. The number of ether oxygens (including phenoxy) is 1. The lowest BCUT2D eigenvalue weighted by Gasteiger charge is -2.26. The van der Waals surface area contributed by atoms with E-state index in [-0.39, 0.29) is 27.4 Å². The van der Waals surface area contributed by atoms with Crippen LogP contribution in [0.4, 0.5) is 26.3 Å². The van der Waals surface area contributed by atoms with Gasteiger partial charge in [0.2, 0.25) is 0 Å². The van der Waals surface area contributed by atoms with Gasteiger partial charge in [0.15, 0.2) is 0 Å². The molecule has 1 heterocycles. The molecule has 0 saturated heterocycles. The van der Waals surface area contributed by atoms with Crippen molar-refractivity contribution in [3.63, 3.8) is 0 Å². The number of sulfonamides is 1. The molecule has 30 heavy (non-hydrogen) atoms. The van der Waals surface area contributed by atoms with E-state index in [9.17, 15) is 34.8 Å². The first-order valence-corrected chi connectivity index (χ1v) is 9.90. The van der Waals surface area contributed by atoms with Gasteiger partial charge in [0.25, 0.3) is 0 Å². The molecule has 0 saturated carbocycles. The summed E-state index contributed by atoms with van der Waals surface area (Å²) in [7, 11) is -4.32. The summed E-state index contributed by atoms with van der Waals surface area (Å²) in [5.74, 6) is 0.429. The highest BCUT2D eigenvalue weighted by Gasteiger charge is 2.52. The molecule has 0 N–H and O–H groups in total. The van der Waals surface area contributed by atoms with E-state index < -0.39 is 33.3 Å². The van der Waals surface area contributed by atoms with Gasteiger partial charge in [-0.25, -0.2) is 0 Å². The van der Waals surface area contributed by atoms with Crippen LogP contribution in [-0.4, -0.2) is 25.3 Å². The van der Waals surface area contributed by atoms with Gasteiger partial charge in [0.05, 0.1) is 18.7 Å². The van der Waals surface area contributed by atoms with Crippen LogP contribution in [0.15, 0.2) is 54.7 Å². The first-order valence-electron chi connectivity index (χ1n) is 8.46. The van der Waals surface area contributed by atoms with Crippen molar-refractivity contribution in [2.24, 2.45) is 0 Å². The Labute approximate surface area is 168 Å². The Balaban J connectivity index is 2.02. The van der Waals surface area contributed by atoms with Crippen molar-refractivity contribution in [2.45, 2.75) is 24.1 Å². The summed E-state index contributed by atoms with van der Waals surface area (Å²) in [5.41, 5.74) is -5.82. The van der Waals surface area contributed by atoms with Crippen LogP contribution in [0.1, 0.15) is 29.2 Å². The van der Waals surface area contributed by atoms with Gasteiger partial charge in [-0.2, -0.15) is 34.8 Å². The molecule has 0 aliphatic carbocycles. The fraction of sp³-hybridized carbons (Fsp3) is 0.263. The van der Waals surface area contributed by atoms with Gasteiger partial charge < -0.3 is 4.74 Å². The highest BCUT2D eigenvalue weighted by Crippen LogP contribution is 2.44. The van der Waals surface area contributed by atoms with E-state index in [2.05, 4.69) is 0 Å². The lowest BCUT2D eigenvalue weighted by molar-refractivity contribution is -0.137. The Hall–Kier alpha value is -2.69. The van der Waals surface area contributed by atoms with Crippen LogP contribution in [0.25, 0.3) is 5.57 Å². The van der Waals surface area contributed by atoms with Crippen LogP contribution in [0.3, 0.4) is 0 Å². The Morgan fingerprint density at radius 3 is 1.97 bits per heavy atom. The summed E-state index contributed by atoms with van der Waals surface area (Å²) < 4.78 is 107. The smallest absolute Gasteiger partial charge is 0.497 e. The van der Waals surface area contributed by atoms with Gasteiger partial charge in [-0.1, -0.05) is 24.3 Å². The minimum Gasteiger partial charge on any atom is -0.497 e. The Morgan fingerprint density at radius 2 is 1.50 bits per heavy atom. The van der Waals surface area contributed by atoms with Gasteiger partial charge in [-0.3, -0.25) is 4.31 Å². The molecule has 2 aromatic rings. The van der Waals surface area contributed by atoms with Crippen molar-refractivity contribution >= 4 is 15.6 Å². The van der Waals surface area contributed by atoms with Crippen molar-refractivity contribution in [3.8, 4) is 5.75 Å². The van der Waals surface area contributed by atoms with E-state index in [0.717, 1.165) is 30.5 Å². The maximum atomic E-state index is 13.2. The van der Waals surface area contributed by atoms with E-state index in [4.69, 9.17) is 4.74 Å². The first kappa shape index (κ1) is 22.0. The van der Waals surface area contributed by atoms with Crippen molar-refractivity contribution in [1.29, 1.82) is 0 Å². The average molecular weight is 451 g/mol. The zero-order valence-electron chi connectivity index (χ0n) is 15.3. The summed E-state index contributed by atoms with van der Waals surface area (Å²) in [6.07, 6.45) is -3.90. The van der Waals surface area contributed by atoms with Crippen molar-refractivity contribution in [3.05, 3.63) is 71.4 Å². The average Bonchev–Trinajstić information content (AvgIpc) is 3.13. The molecule has 1 aliphatic heterocycles. The first-order chi connectivity index (χ1) is 13.8. The standard InChI is InChI=1S/C19H15F6NO3S/c1-29-16-8-4-13(5-9-16)17-10-14(11-26(17)30(27,28)19(23,24)25)12-2-6-15(7-3-12)18(20,21)22/h2-9,11,17H,10H2,1H3/t17-/m1/s1. The summed E-state index contributed by atoms with van der Waals surface area (Å²) in [5, 5.41) is 0. The molecule has 0 fully saturated rings. The third-order valence-electron chi connectivity index (χ3n) is 4.66. The second-order valence-corrected chi connectivity index (χ2v) is 8.34. The van der Waals surface area contributed by atoms with E-state index >= 15 is 0 Å². The lowest BCUT2D eigenvalue weighted by Crippen LogP contribution is -2.37. The van der Waals surface area contributed by atoms with Gasteiger partial charge in [0, 0.05) is 12.6 Å². The molecule has 162 valence electrons. The molecule has 0 spiro atoms. The van der Waals surface area contributed by atoms with Crippen LogP contribution in [-0.2, 0) is 16.2 Å². The number of benzene rings is 2. The second-order valence-electron chi connectivity index (χ2n) is 6.50. The Kier molecular flexibility index (Phi) is 5.52. The maximum absolute atomic E-state index is 13.2. The topological polar surface area (TPSA) is 46.6 Å². The Morgan fingerprint density at radius 1 is 0.933 bits per heavy atom. The van der Waals surface area contributed by atoms with Gasteiger partial charge in [-0.15, -0.1) is 0 Å². The molecule has 0 radical (unpaired) electrons. The number of hydrogen-bond donors (Lipinski definition) is 0. The number of alkyl halides is 6. The van der Waals surface area contributed by atoms with E-state index in [1.807, 2.05) is 0 Å². The third-order valence-corrected chi connectivity index (χ3v) is 6.16. The fourth-order valence-corrected chi connectivity index (χ4v) is 4.14. The van der Waals surface area contributed by atoms with E-state index in [0.29, 0.717) is 5.75 Å². The molecule has 1 aliphatic rings. The third kappa shape index (κ3) is 4.11. The van der Waals surface area contributed by atoms with Crippen molar-refractivity contribution in [1.82, 2.24) is 4.31 Å². The SMILES string of the molecule is COc1ccc([C@H]2CC(c3ccc(C(F)(F)F)cc3)=CN2S(=O)(=O)C(F)(F)F)cc1. The second kappa shape index (κ2) is 7.53. The fourth-order valence-electron chi connectivity index (χ4n) is 3.11. The monoisotopic (exact) mass is 451 g/mol. The molecule has 2 aromatic carbocycles. The molecule has 0 unspecified atom stereocenters. The number of rotatable bonds is 4. The predicted octanol–water partition coefficient (Wildman–Crippen LogP) is 5.35. The van der Waals surface area contributed by atoms with E-state index in [1.54, 1.807) is 0 Å². The molecule has 3 rings (SSSR count). The summed E-state index contributed by atoms with van der Waals surface area (Å²) >= 11 is 0. The normalized spacial score (nSPS) is 17.8. The van der Waals surface area contributed by atoms with Gasteiger partial charge in [-0.05, 0) is 41.0 Å². The highest BCUT2D eigenvalue weighted by atomic mass is 32.2. The molecule has 4 nitrogen and oxygen atoms in total. The van der Waals surface area contributed by atoms with Crippen LogP contribution in [0.2, 0.25) is 0 Å². The van der Waals surface area contributed by atoms with E-state index in [1.165, 1.54) is 31.4 Å². The molecule has 0 amide bonds. The summed E-state index contributed by atoms with van der Waals surface area (Å²) in [4.78, 5) is 0. The minimum absolute atomic E-state index is 0.146. The zero-order valence-corrected chi connectivity index (χ0v) is 16.1. The van der Waals surface area contributed by atoms with Crippen LogP contribution in [0, 0.1) is 0 Å². The predicted molar refractivity (Wildman–Crippen MR) is 96.6 cm³/mol. The number of methoxy groups -OCH3 is 1. The molecular weight excluding hydrogens is 436 g/mol. The maximum Gasteiger partial charge on any atom is 0.516 e. The van der Waals surface area contributed by atoms with Crippen LogP contribution < -0.4 is 4.74 Å².